The van der Waals surface area contributed by atoms with Crippen LogP contribution in [-0.2, 0) is 6.54 Å². The molecule has 0 amide bonds. The average molecular weight is 548 g/mol. The second-order valence-electron chi connectivity index (χ2n) is 10.2. The lowest BCUT2D eigenvalue weighted by atomic mass is 9.13. The van der Waals surface area contributed by atoms with E-state index in [1.54, 1.807) is 31.4 Å². The number of nitrogens with zero attached hydrogens (tertiary/aromatic N) is 1. The summed E-state index contributed by atoms with van der Waals surface area (Å²) < 4.78 is 6.90. The molecule has 3 nitrogen and oxygen atoms in total. The van der Waals surface area contributed by atoms with Crippen LogP contribution >= 0.6 is 0 Å². The molecule has 4 heteroatoms. The summed E-state index contributed by atoms with van der Waals surface area (Å²) in [6.45, 7) is 0.354. The summed E-state index contributed by atoms with van der Waals surface area (Å²) in [6.07, 6.45) is 2.54. The second kappa shape index (κ2) is 13.9. The van der Waals surface area contributed by atoms with E-state index in [4.69, 9.17) is 4.74 Å². The lowest BCUT2D eigenvalue weighted by molar-refractivity contribution is -0.683. The zero-order valence-electron chi connectivity index (χ0n) is 23.8. The van der Waals surface area contributed by atoms with Crippen molar-refractivity contribution in [3.05, 3.63) is 182 Å². The van der Waals surface area contributed by atoms with Crippen LogP contribution in [0.2, 0.25) is 0 Å². The zero-order valence-corrected chi connectivity index (χ0v) is 23.8. The Labute approximate surface area is 248 Å². The van der Waals surface area contributed by atoms with Crippen LogP contribution in [0.25, 0.3) is 0 Å². The van der Waals surface area contributed by atoms with E-state index in [2.05, 4.69) is 121 Å². The molecule has 5 aromatic carbocycles. The number of pyridine rings is 1. The summed E-state index contributed by atoms with van der Waals surface area (Å²) >= 11 is 0. The van der Waals surface area contributed by atoms with E-state index >= 15 is 0 Å². The average Bonchev–Trinajstić information content (AvgIpc) is 3.08. The van der Waals surface area contributed by atoms with Gasteiger partial charge >= 0.3 is 0 Å². The Morgan fingerprint density at radius 1 is 0.524 bits per heavy atom. The maximum atomic E-state index is 12.0. The van der Waals surface area contributed by atoms with E-state index in [9.17, 15) is 4.79 Å². The number of rotatable bonds is 8. The van der Waals surface area contributed by atoms with Crippen LogP contribution in [-0.4, -0.2) is 19.0 Å². The van der Waals surface area contributed by atoms with Crippen LogP contribution < -0.4 is 31.2 Å². The second-order valence-corrected chi connectivity index (χ2v) is 10.2. The van der Waals surface area contributed by atoms with Gasteiger partial charge in [0.15, 0.2) is 12.4 Å². The topological polar surface area (TPSA) is 30.2 Å². The summed E-state index contributed by atoms with van der Waals surface area (Å²) in [5, 5.41) is 0. The molecule has 1 heterocycles. The fraction of sp³-hybridized carbons (Fsp3) is 0.0526. The van der Waals surface area contributed by atoms with Crippen LogP contribution in [0.1, 0.15) is 10.4 Å². The van der Waals surface area contributed by atoms with Crippen LogP contribution in [0.3, 0.4) is 0 Å². The molecule has 0 aliphatic rings. The molecule has 0 spiro atoms. The summed E-state index contributed by atoms with van der Waals surface area (Å²) in [4.78, 5) is 12.0. The Kier molecular flexibility index (Phi) is 9.38. The van der Waals surface area contributed by atoms with Crippen molar-refractivity contribution in [2.45, 2.75) is 6.54 Å². The van der Waals surface area contributed by atoms with Gasteiger partial charge in [-0.2, -0.15) is 26.4 Å². The van der Waals surface area contributed by atoms with E-state index < -0.39 is 6.15 Å². The van der Waals surface area contributed by atoms with Gasteiger partial charge in [-0.15, -0.1) is 0 Å². The lowest BCUT2D eigenvalue weighted by Gasteiger charge is -2.44. The van der Waals surface area contributed by atoms with E-state index in [0.29, 0.717) is 12.1 Å². The molecule has 206 valence electrons. The molecule has 0 N–H and O–H groups in total. The smallest absolute Gasteiger partial charge is 0.227 e. The van der Waals surface area contributed by atoms with Crippen molar-refractivity contribution < 1.29 is 14.1 Å². The minimum absolute atomic E-state index is 0.0869. The first-order chi connectivity index (χ1) is 20.7. The molecule has 0 aliphatic carbocycles. The van der Waals surface area contributed by atoms with Crippen LogP contribution in [0, 0.1) is 0 Å². The lowest BCUT2D eigenvalue weighted by Crippen LogP contribution is -2.74. The third-order valence-electron chi connectivity index (χ3n) is 7.71. The van der Waals surface area contributed by atoms with Crippen molar-refractivity contribution in [3.63, 3.8) is 0 Å². The maximum Gasteiger partial charge on any atom is 0.227 e. The minimum Gasteiger partial charge on any atom is -0.497 e. The van der Waals surface area contributed by atoms with Crippen molar-refractivity contribution >= 4 is 33.8 Å². The Morgan fingerprint density at radius 3 is 1.24 bits per heavy atom. The van der Waals surface area contributed by atoms with Crippen molar-refractivity contribution in [3.8, 4) is 5.75 Å². The predicted octanol–water partition coefficient (Wildman–Crippen LogP) is 4.93. The molecule has 0 saturated carbocycles. The van der Waals surface area contributed by atoms with Gasteiger partial charge in [0.2, 0.25) is 12.3 Å². The van der Waals surface area contributed by atoms with Gasteiger partial charge in [0.25, 0.3) is 0 Å². The highest BCUT2D eigenvalue weighted by molar-refractivity contribution is 7.19. The van der Waals surface area contributed by atoms with Crippen molar-refractivity contribution in [2.24, 2.45) is 0 Å². The predicted molar refractivity (Wildman–Crippen MR) is 174 cm³/mol. The third kappa shape index (κ3) is 6.40. The van der Waals surface area contributed by atoms with E-state index in [-0.39, 0.29) is 5.78 Å². The molecule has 0 saturated heterocycles. The van der Waals surface area contributed by atoms with Gasteiger partial charge in [0.1, 0.15) is 11.9 Å². The normalized spacial score (nSPS) is 10.7. The fourth-order valence-electron chi connectivity index (χ4n) is 5.70. The summed E-state index contributed by atoms with van der Waals surface area (Å²) in [6, 6.07) is 56.4. The summed E-state index contributed by atoms with van der Waals surface area (Å²) in [7, 11) is 1.61. The molecular formula is C38H34BNO2. The largest absolute Gasteiger partial charge is 0.497 e. The summed E-state index contributed by atoms with van der Waals surface area (Å²) in [5.74, 6) is 0.845. The molecule has 6 aromatic rings. The number of methoxy groups -OCH3 is 1. The van der Waals surface area contributed by atoms with Gasteiger partial charge in [0.05, 0.1) is 7.11 Å². The van der Waals surface area contributed by atoms with Crippen molar-refractivity contribution in [1.29, 1.82) is 0 Å². The highest BCUT2D eigenvalue weighted by atomic mass is 16.5. The molecule has 0 aliphatic heterocycles. The number of carbonyl (C=O) groups is 1. The Hall–Kier alpha value is -5.22. The number of hydrogen-bond donors (Lipinski definition) is 0. The molecule has 0 atom stereocenters. The molecular weight excluding hydrogens is 513 g/mol. The maximum absolute atomic E-state index is 12.0. The first-order valence-corrected chi connectivity index (χ1v) is 14.2. The SMILES string of the molecule is COc1ccc(C(=O)C[n+]2ccccc2)cc1.c1ccc([B-](c2ccccc2)(c2ccccc2)c2ccccc2)cc1. The van der Waals surface area contributed by atoms with Gasteiger partial charge in [-0.25, -0.2) is 0 Å². The number of ether oxygens (including phenoxy) is 1. The van der Waals surface area contributed by atoms with Crippen LogP contribution in [0.5, 0.6) is 5.75 Å². The zero-order chi connectivity index (χ0) is 29.0. The van der Waals surface area contributed by atoms with Gasteiger partial charge in [-0.3, -0.25) is 4.79 Å². The van der Waals surface area contributed by atoms with Crippen LogP contribution in [0.15, 0.2) is 176 Å². The molecule has 0 radical (unpaired) electrons. The number of aromatic nitrogens is 1. The minimum atomic E-state index is -1.22. The Balaban J connectivity index is 0.000000181. The van der Waals surface area contributed by atoms with Gasteiger partial charge in [0, 0.05) is 17.7 Å². The molecule has 0 bridgehead atoms. The number of ketones is 1. The van der Waals surface area contributed by atoms with Crippen LogP contribution in [0.4, 0.5) is 0 Å². The number of hydrogen-bond acceptors (Lipinski definition) is 2. The first kappa shape index (κ1) is 28.3. The quantitative estimate of drug-likeness (QED) is 0.154. The Bertz CT molecular complexity index is 1500. The monoisotopic (exact) mass is 547 g/mol. The van der Waals surface area contributed by atoms with E-state index in [1.807, 2.05) is 35.2 Å². The number of carbonyl (C=O) groups excluding carboxylic acids is 1. The van der Waals surface area contributed by atoms with E-state index in [0.717, 1.165) is 5.75 Å². The highest BCUT2D eigenvalue weighted by Gasteiger charge is 2.31. The third-order valence-corrected chi connectivity index (χ3v) is 7.71. The molecule has 42 heavy (non-hydrogen) atoms. The van der Waals surface area contributed by atoms with Crippen molar-refractivity contribution in [2.75, 3.05) is 7.11 Å². The van der Waals surface area contributed by atoms with Gasteiger partial charge in [-0.05, 0) is 24.3 Å². The standard InChI is InChI=1S/C24H20B.C14H14NO2/c1-5-13-21(14-6-1)25(22-15-7-2-8-16-22,23-17-9-3-10-18-23)24-19-11-4-12-20-24;1-17-13-7-5-12(6-8-13)14(16)11-15-9-3-2-4-10-15/h1-20H;2-10H,11H2,1H3/q-1;+1. The first-order valence-electron chi connectivity index (χ1n) is 14.2. The highest BCUT2D eigenvalue weighted by Crippen LogP contribution is 2.12. The number of benzene rings is 5. The molecule has 6 rings (SSSR count). The summed E-state index contributed by atoms with van der Waals surface area (Å²) in [5.41, 5.74) is 6.05. The molecule has 0 fully saturated rings. The van der Waals surface area contributed by atoms with Gasteiger partial charge < -0.3 is 4.74 Å². The fourth-order valence-corrected chi connectivity index (χ4v) is 5.70. The molecule has 0 unspecified atom stereocenters. The number of Topliss-reactive ketones (excluding diaryl/α,β-unsaturated/α-hetero) is 1. The van der Waals surface area contributed by atoms with Gasteiger partial charge in [-0.1, -0.05) is 127 Å². The Morgan fingerprint density at radius 2 is 0.881 bits per heavy atom. The molecule has 1 aromatic heterocycles. The van der Waals surface area contributed by atoms with E-state index in [1.165, 1.54) is 21.9 Å². The van der Waals surface area contributed by atoms with Crippen molar-refractivity contribution in [1.82, 2.24) is 0 Å².